The first-order valence-corrected chi connectivity index (χ1v) is 8.61. The molecule has 2 N–H and O–H groups in total. The number of anilines is 1. The second-order valence-electron chi connectivity index (χ2n) is 5.46. The molecule has 0 aromatic carbocycles. The van der Waals surface area contributed by atoms with Gasteiger partial charge in [0.25, 0.3) is 0 Å². The zero-order valence-corrected chi connectivity index (χ0v) is 13.4. The quantitative estimate of drug-likeness (QED) is 0.881. The van der Waals surface area contributed by atoms with E-state index < -0.39 is 10.0 Å². The highest BCUT2D eigenvalue weighted by Gasteiger charge is 2.33. The van der Waals surface area contributed by atoms with Crippen molar-refractivity contribution < 1.29 is 17.7 Å². The van der Waals surface area contributed by atoms with Crippen LogP contribution in [0.3, 0.4) is 0 Å². The zero-order chi connectivity index (χ0) is 15.5. The molecule has 0 aliphatic carbocycles. The van der Waals surface area contributed by atoms with Crippen LogP contribution in [0.5, 0.6) is 0 Å². The third-order valence-electron chi connectivity index (χ3n) is 3.89. The molecule has 0 radical (unpaired) electrons. The molecule has 1 atom stereocenters. The molecular weight excluding hydrogens is 294 g/mol. The first-order valence-electron chi connectivity index (χ1n) is 7.17. The Morgan fingerprint density at radius 1 is 1.48 bits per heavy atom. The number of hydrogen-bond donors (Lipinski definition) is 1. The number of rotatable bonds is 5. The first kappa shape index (κ1) is 16.3. The molecule has 120 valence electrons. The average Bonchev–Trinajstić information content (AvgIpc) is 2.66. The Bertz CT molecular complexity index is 550. The van der Waals surface area contributed by atoms with Gasteiger partial charge in [-0.3, -0.25) is 0 Å². The highest BCUT2D eigenvalue weighted by molar-refractivity contribution is 7.89. The molecule has 0 bridgehead atoms. The van der Waals surface area contributed by atoms with Crippen molar-refractivity contribution in [3.05, 3.63) is 5.76 Å². The fourth-order valence-electron chi connectivity index (χ4n) is 2.75. The van der Waals surface area contributed by atoms with E-state index in [1.54, 1.807) is 14.0 Å². The van der Waals surface area contributed by atoms with Gasteiger partial charge in [0.2, 0.25) is 10.0 Å². The van der Waals surface area contributed by atoms with Crippen LogP contribution in [0.25, 0.3) is 0 Å². The minimum absolute atomic E-state index is 0.00916. The summed E-state index contributed by atoms with van der Waals surface area (Å²) in [6.07, 6.45) is 3.76. The highest BCUT2D eigenvalue weighted by Crippen LogP contribution is 2.29. The SMILES string of the molecule is COCCC1CCCCN(S(=O)(=O)c2c(N)noc2C)C1. The number of aryl methyl sites for hydroxylation is 1. The van der Waals surface area contributed by atoms with Gasteiger partial charge in [0.15, 0.2) is 16.5 Å². The summed E-state index contributed by atoms with van der Waals surface area (Å²) in [5.41, 5.74) is 5.66. The molecule has 0 saturated carbocycles. The van der Waals surface area contributed by atoms with Gasteiger partial charge in [0, 0.05) is 26.8 Å². The molecule has 1 aromatic rings. The minimum atomic E-state index is -3.65. The lowest BCUT2D eigenvalue weighted by molar-refractivity contribution is 0.171. The molecule has 8 heteroatoms. The molecule has 21 heavy (non-hydrogen) atoms. The summed E-state index contributed by atoms with van der Waals surface area (Å²) in [4.78, 5) is 0.00916. The number of nitrogens with two attached hydrogens (primary N) is 1. The van der Waals surface area contributed by atoms with Crippen LogP contribution in [-0.2, 0) is 14.8 Å². The predicted octanol–water partition coefficient (Wildman–Crippen LogP) is 1.39. The Balaban J connectivity index is 2.22. The zero-order valence-electron chi connectivity index (χ0n) is 12.5. The monoisotopic (exact) mass is 317 g/mol. The van der Waals surface area contributed by atoms with E-state index in [1.807, 2.05) is 0 Å². The number of nitrogen functional groups attached to an aromatic ring is 1. The fraction of sp³-hybridized carbons (Fsp3) is 0.769. The van der Waals surface area contributed by atoms with Crippen molar-refractivity contribution in [2.45, 2.75) is 37.5 Å². The maximum atomic E-state index is 12.8. The van der Waals surface area contributed by atoms with Crippen molar-refractivity contribution in [1.29, 1.82) is 0 Å². The molecule has 2 rings (SSSR count). The number of nitrogens with zero attached hydrogens (tertiary/aromatic N) is 2. The summed E-state index contributed by atoms with van der Waals surface area (Å²) < 4.78 is 37.1. The molecule has 1 aliphatic heterocycles. The summed E-state index contributed by atoms with van der Waals surface area (Å²) in [5.74, 6) is 0.485. The molecular formula is C13H23N3O4S. The third kappa shape index (κ3) is 3.56. The Kier molecular flexibility index (Phi) is 5.23. The van der Waals surface area contributed by atoms with Gasteiger partial charge < -0.3 is 15.0 Å². The van der Waals surface area contributed by atoms with Crippen LogP contribution >= 0.6 is 0 Å². The van der Waals surface area contributed by atoms with E-state index in [4.69, 9.17) is 15.0 Å². The third-order valence-corrected chi connectivity index (χ3v) is 5.92. The molecule has 0 amide bonds. The van der Waals surface area contributed by atoms with Gasteiger partial charge in [0.05, 0.1) is 0 Å². The van der Waals surface area contributed by atoms with E-state index in [2.05, 4.69) is 5.16 Å². The lowest BCUT2D eigenvalue weighted by atomic mass is 10.0. The van der Waals surface area contributed by atoms with Crippen LogP contribution < -0.4 is 5.73 Å². The van der Waals surface area contributed by atoms with Crippen molar-refractivity contribution in [2.75, 3.05) is 32.5 Å². The molecule has 7 nitrogen and oxygen atoms in total. The maximum Gasteiger partial charge on any atom is 0.250 e. The number of sulfonamides is 1. The number of aromatic nitrogens is 1. The van der Waals surface area contributed by atoms with Gasteiger partial charge in [-0.15, -0.1) is 0 Å². The van der Waals surface area contributed by atoms with E-state index in [0.717, 1.165) is 25.7 Å². The van der Waals surface area contributed by atoms with E-state index >= 15 is 0 Å². The largest absolute Gasteiger partial charge is 0.385 e. The molecule has 2 heterocycles. The van der Waals surface area contributed by atoms with Crippen molar-refractivity contribution in [3.63, 3.8) is 0 Å². The Labute approximate surface area is 125 Å². The maximum absolute atomic E-state index is 12.8. The molecule has 1 saturated heterocycles. The summed E-state index contributed by atoms with van der Waals surface area (Å²) >= 11 is 0. The van der Waals surface area contributed by atoms with Crippen molar-refractivity contribution >= 4 is 15.8 Å². The lowest BCUT2D eigenvalue weighted by Gasteiger charge is -2.23. The van der Waals surface area contributed by atoms with E-state index in [1.165, 1.54) is 4.31 Å². The molecule has 0 spiro atoms. The van der Waals surface area contributed by atoms with Crippen LogP contribution in [0.2, 0.25) is 0 Å². The number of methoxy groups -OCH3 is 1. The predicted molar refractivity (Wildman–Crippen MR) is 78.2 cm³/mol. The van der Waals surface area contributed by atoms with Crippen LogP contribution in [0.15, 0.2) is 9.42 Å². The van der Waals surface area contributed by atoms with E-state index in [-0.39, 0.29) is 16.5 Å². The normalized spacial score (nSPS) is 21.3. The van der Waals surface area contributed by atoms with Crippen LogP contribution in [0.4, 0.5) is 5.82 Å². The van der Waals surface area contributed by atoms with Gasteiger partial charge in [-0.2, -0.15) is 4.31 Å². The standard InChI is InChI=1S/C13H23N3O4S/c1-10-12(13(14)15-20-10)21(17,18)16-7-4-3-5-11(9-16)6-8-19-2/h11H,3-9H2,1-2H3,(H2,14,15). The Morgan fingerprint density at radius 3 is 2.86 bits per heavy atom. The smallest absolute Gasteiger partial charge is 0.250 e. The van der Waals surface area contributed by atoms with Crippen molar-refractivity contribution in [3.8, 4) is 0 Å². The fourth-order valence-corrected chi connectivity index (χ4v) is 4.49. The highest BCUT2D eigenvalue weighted by atomic mass is 32.2. The lowest BCUT2D eigenvalue weighted by Crippen LogP contribution is -2.35. The first-order chi connectivity index (χ1) is 9.96. The topological polar surface area (TPSA) is 98.7 Å². The molecule has 1 unspecified atom stereocenters. The van der Waals surface area contributed by atoms with Crippen molar-refractivity contribution in [2.24, 2.45) is 5.92 Å². The number of ether oxygens (including phenoxy) is 1. The Morgan fingerprint density at radius 2 is 2.24 bits per heavy atom. The van der Waals surface area contributed by atoms with Gasteiger partial charge in [-0.05, 0) is 32.1 Å². The summed E-state index contributed by atoms with van der Waals surface area (Å²) in [6.45, 7) is 3.22. The van der Waals surface area contributed by atoms with E-state index in [9.17, 15) is 8.42 Å². The van der Waals surface area contributed by atoms with Crippen LogP contribution in [-0.4, -0.2) is 44.7 Å². The van der Waals surface area contributed by atoms with Gasteiger partial charge in [-0.25, -0.2) is 8.42 Å². The summed E-state index contributed by atoms with van der Waals surface area (Å²) in [5, 5.41) is 3.55. The summed E-state index contributed by atoms with van der Waals surface area (Å²) in [6, 6.07) is 0. The molecule has 1 aliphatic rings. The van der Waals surface area contributed by atoms with Crippen LogP contribution in [0.1, 0.15) is 31.4 Å². The Hall–Kier alpha value is -1.12. The average molecular weight is 317 g/mol. The molecule has 1 aromatic heterocycles. The molecule has 1 fully saturated rings. The van der Waals surface area contributed by atoms with Gasteiger partial charge in [0.1, 0.15) is 0 Å². The second kappa shape index (κ2) is 6.76. The summed E-state index contributed by atoms with van der Waals surface area (Å²) in [7, 11) is -1.99. The van der Waals surface area contributed by atoms with Crippen molar-refractivity contribution in [1.82, 2.24) is 9.46 Å². The second-order valence-corrected chi connectivity index (χ2v) is 7.33. The minimum Gasteiger partial charge on any atom is -0.385 e. The van der Waals surface area contributed by atoms with Gasteiger partial charge in [-0.1, -0.05) is 11.6 Å². The van der Waals surface area contributed by atoms with Crippen LogP contribution in [0, 0.1) is 12.8 Å². The van der Waals surface area contributed by atoms with E-state index in [0.29, 0.717) is 25.6 Å². The number of hydrogen-bond acceptors (Lipinski definition) is 6. The van der Waals surface area contributed by atoms with Gasteiger partial charge >= 0.3 is 0 Å².